The SMILES string of the molecule is CC(CS(=O)(=O)c1ccc(F)cc1)C(=O)N=C(N)N.N#CC(=N)N. The van der Waals surface area contributed by atoms with Crippen molar-refractivity contribution < 1.29 is 17.6 Å². The Bertz CT molecular complexity index is 764. The average Bonchev–Trinajstić information content (AvgIpc) is 2.47. The molecule has 0 aromatic heterocycles. The summed E-state index contributed by atoms with van der Waals surface area (Å²) in [5.74, 6) is -3.46. The summed E-state index contributed by atoms with van der Waals surface area (Å²) in [5, 5.41) is 13.7. The van der Waals surface area contributed by atoms with Crippen LogP contribution < -0.4 is 17.2 Å². The average molecular weight is 356 g/mol. The van der Waals surface area contributed by atoms with Crippen LogP contribution in [0.25, 0.3) is 0 Å². The molecule has 0 fully saturated rings. The summed E-state index contributed by atoms with van der Waals surface area (Å²) in [6, 6.07) is 5.75. The zero-order valence-corrected chi connectivity index (χ0v) is 13.5. The Morgan fingerprint density at radius 1 is 1.33 bits per heavy atom. The van der Waals surface area contributed by atoms with Crippen molar-refractivity contribution in [3.63, 3.8) is 0 Å². The van der Waals surface area contributed by atoms with E-state index in [2.05, 4.69) is 10.7 Å². The quantitative estimate of drug-likeness (QED) is 0.317. The van der Waals surface area contributed by atoms with E-state index in [0.29, 0.717) is 0 Å². The van der Waals surface area contributed by atoms with Crippen molar-refractivity contribution >= 4 is 27.5 Å². The lowest BCUT2D eigenvalue weighted by Gasteiger charge is -2.08. The first-order chi connectivity index (χ1) is 11.0. The minimum Gasteiger partial charge on any atom is -0.375 e. The van der Waals surface area contributed by atoms with Gasteiger partial charge in [-0.25, -0.2) is 12.8 Å². The van der Waals surface area contributed by atoms with Crippen LogP contribution in [-0.2, 0) is 14.6 Å². The molecule has 1 aromatic rings. The summed E-state index contributed by atoms with van der Waals surface area (Å²) in [6.07, 6.45) is 0. The van der Waals surface area contributed by atoms with Gasteiger partial charge in [0.1, 0.15) is 11.9 Å². The summed E-state index contributed by atoms with van der Waals surface area (Å²) in [5.41, 5.74) is 14.6. The zero-order chi connectivity index (χ0) is 18.9. The molecule has 1 rings (SSSR count). The van der Waals surface area contributed by atoms with Crippen LogP contribution in [0.1, 0.15) is 6.92 Å². The van der Waals surface area contributed by atoms with E-state index in [4.69, 9.17) is 22.1 Å². The molecule has 0 bridgehead atoms. The number of aliphatic imine (C=N–C) groups is 1. The predicted molar refractivity (Wildman–Crippen MR) is 86.0 cm³/mol. The molecular formula is C13H17FN6O3S. The number of nitriles is 1. The van der Waals surface area contributed by atoms with E-state index in [1.165, 1.54) is 13.0 Å². The van der Waals surface area contributed by atoms with Crippen LogP contribution >= 0.6 is 0 Å². The van der Waals surface area contributed by atoms with Gasteiger partial charge in [-0.1, -0.05) is 6.92 Å². The first-order valence-corrected chi connectivity index (χ1v) is 8.00. The van der Waals surface area contributed by atoms with Gasteiger partial charge in [-0.05, 0) is 24.3 Å². The van der Waals surface area contributed by atoms with Gasteiger partial charge in [0.05, 0.1) is 16.6 Å². The number of hydrogen-bond acceptors (Lipinski definition) is 5. The predicted octanol–water partition coefficient (Wildman–Crippen LogP) is -0.519. The highest BCUT2D eigenvalue weighted by Gasteiger charge is 2.23. The van der Waals surface area contributed by atoms with E-state index >= 15 is 0 Å². The largest absolute Gasteiger partial charge is 0.375 e. The van der Waals surface area contributed by atoms with Crippen molar-refractivity contribution in [1.29, 1.82) is 10.7 Å². The maximum absolute atomic E-state index is 12.7. The minimum atomic E-state index is -3.70. The molecule has 0 aliphatic rings. The molecule has 11 heteroatoms. The van der Waals surface area contributed by atoms with Crippen molar-refractivity contribution in [2.75, 3.05) is 5.75 Å². The van der Waals surface area contributed by atoms with Gasteiger partial charge in [0.15, 0.2) is 21.6 Å². The Hall–Kier alpha value is -3.00. The van der Waals surface area contributed by atoms with Crippen LogP contribution in [0.15, 0.2) is 34.2 Å². The minimum absolute atomic E-state index is 0.0572. The molecule has 24 heavy (non-hydrogen) atoms. The van der Waals surface area contributed by atoms with E-state index < -0.39 is 45.0 Å². The molecule has 1 unspecified atom stereocenters. The summed E-state index contributed by atoms with van der Waals surface area (Å²) in [6.45, 7) is 1.40. The zero-order valence-electron chi connectivity index (χ0n) is 12.7. The van der Waals surface area contributed by atoms with Crippen LogP contribution in [0.2, 0.25) is 0 Å². The summed E-state index contributed by atoms with van der Waals surface area (Å²) >= 11 is 0. The number of carbonyl (C=O) groups is 1. The first-order valence-electron chi connectivity index (χ1n) is 6.35. The second kappa shape index (κ2) is 9.21. The number of benzene rings is 1. The van der Waals surface area contributed by atoms with Crippen LogP contribution in [-0.4, -0.2) is 31.9 Å². The number of hydrogen-bond donors (Lipinski definition) is 4. The fraction of sp³-hybridized carbons (Fsp3) is 0.231. The summed E-state index contributed by atoms with van der Waals surface area (Å²) < 4.78 is 36.6. The maximum atomic E-state index is 12.7. The fourth-order valence-electron chi connectivity index (χ4n) is 1.38. The van der Waals surface area contributed by atoms with Gasteiger partial charge in [-0.2, -0.15) is 10.3 Å². The van der Waals surface area contributed by atoms with Crippen molar-refractivity contribution in [3.8, 4) is 6.07 Å². The van der Waals surface area contributed by atoms with Crippen LogP contribution in [0, 0.1) is 28.5 Å². The highest BCUT2D eigenvalue weighted by atomic mass is 32.2. The maximum Gasteiger partial charge on any atom is 0.252 e. The lowest BCUT2D eigenvalue weighted by Crippen LogP contribution is -2.27. The molecule has 0 saturated heterocycles. The number of nitrogens with two attached hydrogens (primary N) is 3. The number of nitrogens with zero attached hydrogens (tertiary/aromatic N) is 2. The lowest BCUT2D eigenvalue weighted by atomic mass is 10.2. The number of nitrogens with one attached hydrogen (secondary N) is 1. The molecule has 1 aromatic carbocycles. The van der Waals surface area contributed by atoms with E-state index in [1.807, 2.05) is 0 Å². The number of sulfone groups is 1. The Kier molecular flexibility index (Phi) is 8.06. The van der Waals surface area contributed by atoms with E-state index in [9.17, 15) is 17.6 Å². The van der Waals surface area contributed by atoms with Gasteiger partial charge in [0.25, 0.3) is 5.91 Å². The number of guanidine groups is 1. The smallest absolute Gasteiger partial charge is 0.252 e. The second-order valence-corrected chi connectivity index (χ2v) is 6.57. The van der Waals surface area contributed by atoms with Gasteiger partial charge in [-0.3, -0.25) is 10.2 Å². The number of carbonyl (C=O) groups excluding carboxylic acids is 1. The molecule has 1 amide bonds. The third kappa shape index (κ3) is 7.85. The van der Waals surface area contributed by atoms with Crippen molar-refractivity contribution in [1.82, 2.24) is 0 Å². The molecule has 130 valence electrons. The number of rotatable bonds is 4. The van der Waals surface area contributed by atoms with E-state index in [0.717, 1.165) is 24.3 Å². The summed E-state index contributed by atoms with van der Waals surface area (Å²) in [7, 11) is -3.70. The molecule has 0 heterocycles. The molecule has 0 aliphatic heterocycles. The van der Waals surface area contributed by atoms with Gasteiger partial charge >= 0.3 is 0 Å². The number of amidine groups is 1. The number of amides is 1. The van der Waals surface area contributed by atoms with Gasteiger partial charge < -0.3 is 17.2 Å². The Balaban J connectivity index is 0.000000922. The molecule has 9 nitrogen and oxygen atoms in total. The third-order valence-corrected chi connectivity index (χ3v) is 4.35. The van der Waals surface area contributed by atoms with Crippen LogP contribution in [0.5, 0.6) is 0 Å². The van der Waals surface area contributed by atoms with Gasteiger partial charge in [0.2, 0.25) is 0 Å². The molecule has 7 N–H and O–H groups in total. The number of halogens is 1. The second-order valence-electron chi connectivity index (χ2n) is 4.54. The van der Waals surface area contributed by atoms with E-state index in [-0.39, 0.29) is 4.90 Å². The standard InChI is InChI=1S/C11H14FN3O3S.C2H3N3/c1-7(10(16)15-11(13)14)6-19(17,18)9-4-2-8(12)3-5-9;3-1-2(4)5/h2-5,7H,6H2,1H3,(H4,13,14,15,16);(H3,4,5). The Morgan fingerprint density at radius 3 is 2.17 bits per heavy atom. The molecular weight excluding hydrogens is 339 g/mol. The molecule has 0 spiro atoms. The molecule has 0 radical (unpaired) electrons. The highest BCUT2D eigenvalue weighted by Crippen LogP contribution is 2.15. The fourth-order valence-corrected chi connectivity index (χ4v) is 2.92. The van der Waals surface area contributed by atoms with Crippen molar-refractivity contribution in [2.45, 2.75) is 11.8 Å². The lowest BCUT2D eigenvalue weighted by molar-refractivity contribution is -0.120. The van der Waals surface area contributed by atoms with Crippen LogP contribution in [0.3, 0.4) is 0 Å². The van der Waals surface area contributed by atoms with E-state index in [1.54, 1.807) is 0 Å². The van der Waals surface area contributed by atoms with Gasteiger partial charge in [-0.15, -0.1) is 0 Å². The molecule has 0 saturated carbocycles. The monoisotopic (exact) mass is 356 g/mol. The molecule has 0 aliphatic carbocycles. The normalized spacial score (nSPS) is 11.2. The van der Waals surface area contributed by atoms with Crippen molar-refractivity contribution in [3.05, 3.63) is 30.1 Å². The Labute approximate surface area is 138 Å². The highest BCUT2D eigenvalue weighted by molar-refractivity contribution is 7.91. The summed E-state index contributed by atoms with van der Waals surface area (Å²) in [4.78, 5) is 14.7. The third-order valence-electron chi connectivity index (χ3n) is 2.42. The molecule has 1 atom stereocenters. The van der Waals surface area contributed by atoms with Gasteiger partial charge in [0, 0.05) is 0 Å². The van der Waals surface area contributed by atoms with Crippen LogP contribution in [0.4, 0.5) is 4.39 Å². The topological polar surface area (TPSA) is 189 Å². The Morgan fingerprint density at radius 2 is 1.79 bits per heavy atom. The first kappa shape index (κ1) is 21.0. The van der Waals surface area contributed by atoms with Crippen molar-refractivity contribution in [2.24, 2.45) is 28.1 Å².